The molecule has 1 aliphatic rings. The molecule has 1 unspecified atom stereocenters. The van der Waals surface area contributed by atoms with E-state index in [9.17, 15) is 14.4 Å². The third kappa shape index (κ3) is 5.37. The van der Waals surface area contributed by atoms with Crippen molar-refractivity contribution in [1.29, 1.82) is 0 Å². The first-order valence-corrected chi connectivity index (χ1v) is 10.4. The molecular formula is C20H22ClN3O5S. The molecule has 160 valence electrons. The van der Waals surface area contributed by atoms with Gasteiger partial charge in [0.05, 0.1) is 22.4 Å². The number of aryl methyl sites for hydroxylation is 1. The zero-order chi connectivity index (χ0) is 21.7. The minimum atomic E-state index is -0.885. The highest BCUT2D eigenvalue weighted by atomic mass is 35.5. The summed E-state index contributed by atoms with van der Waals surface area (Å²) in [6, 6.07) is 7.61. The number of nitrogens with zero attached hydrogens (tertiary/aromatic N) is 1. The van der Waals surface area contributed by atoms with E-state index in [1.165, 1.54) is 7.11 Å². The molecule has 1 aromatic heterocycles. The highest BCUT2D eigenvalue weighted by Gasteiger charge is 2.24. The Bertz CT molecular complexity index is 948. The van der Waals surface area contributed by atoms with Gasteiger partial charge >= 0.3 is 0 Å². The van der Waals surface area contributed by atoms with E-state index in [0.29, 0.717) is 28.1 Å². The first-order chi connectivity index (χ1) is 14.4. The summed E-state index contributed by atoms with van der Waals surface area (Å²) in [6.07, 6.45) is 0. The molecule has 2 aromatic rings. The van der Waals surface area contributed by atoms with Gasteiger partial charge in [-0.2, -0.15) is 0 Å². The molecule has 0 spiro atoms. The molecule has 8 nitrogen and oxygen atoms in total. The number of hydrogen-bond donors (Lipinski definition) is 2. The summed E-state index contributed by atoms with van der Waals surface area (Å²) >= 11 is 7.00. The fraction of sp³-hybridized carbons (Fsp3) is 0.350. The lowest BCUT2D eigenvalue weighted by molar-refractivity contribution is -0.125. The molecule has 2 heterocycles. The van der Waals surface area contributed by atoms with Crippen molar-refractivity contribution in [2.24, 2.45) is 0 Å². The fourth-order valence-electron chi connectivity index (χ4n) is 3.05. The fourth-order valence-corrected chi connectivity index (χ4v) is 4.00. The van der Waals surface area contributed by atoms with E-state index < -0.39 is 17.9 Å². The number of ether oxygens (including phenoxy) is 2. The second kappa shape index (κ2) is 10.0. The van der Waals surface area contributed by atoms with Crippen molar-refractivity contribution in [1.82, 2.24) is 5.32 Å². The van der Waals surface area contributed by atoms with Gasteiger partial charge in [-0.05, 0) is 42.8 Å². The first kappa shape index (κ1) is 22.2. The van der Waals surface area contributed by atoms with E-state index in [4.69, 9.17) is 21.1 Å². The molecule has 1 aromatic carbocycles. The van der Waals surface area contributed by atoms with E-state index in [2.05, 4.69) is 10.6 Å². The van der Waals surface area contributed by atoms with Crippen LogP contribution in [0.5, 0.6) is 0 Å². The minimum absolute atomic E-state index is 0.00995. The Labute approximate surface area is 183 Å². The molecule has 10 heteroatoms. The third-order valence-electron chi connectivity index (χ3n) is 4.49. The Hall–Kier alpha value is -2.46. The van der Waals surface area contributed by atoms with Crippen molar-refractivity contribution in [3.63, 3.8) is 0 Å². The summed E-state index contributed by atoms with van der Waals surface area (Å²) in [7, 11) is 1.45. The number of anilines is 2. The number of nitrogens with one attached hydrogen (secondary N) is 2. The number of benzene rings is 1. The van der Waals surface area contributed by atoms with Crippen LogP contribution >= 0.6 is 22.9 Å². The van der Waals surface area contributed by atoms with Gasteiger partial charge in [-0.15, -0.1) is 11.3 Å². The van der Waals surface area contributed by atoms with Crippen LogP contribution in [0.2, 0.25) is 4.34 Å². The van der Waals surface area contributed by atoms with E-state index in [-0.39, 0.29) is 19.1 Å². The van der Waals surface area contributed by atoms with Crippen LogP contribution in [0, 0.1) is 6.92 Å². The van der Waals surface area contributed by atoms with Gasteiger partial charge in [0.25, 0.3) is 11.8 Å². The summed E-state index contributed by atoms with van der Waals surface area (Å²) in [5.74, 6) is -0.915. The van der Waals surface area contributed by atoms with Crippen LogP contribution < -0.4 is 15.5 Å². The standard InChI is InChI=1S/C20H22ClN3O5S/c1-12-9-13(3-4-15(12)24-7-8-29-11-18(24)25)22-19(26)14(10-28-2)23-20(27)16-5-6-17(21)30-16/h3-6,9,14H,7-8,10-11H2,1-2H3,(H,22,26)(H,23,27). The van der Waals surface area contributed by atoms with E-state index in [1.807, 2.05) is 6.92 Å². The predicted molar refractivity (Wildman–Crippen MR) is 115 cm³/mol. The zero-order valence-electron chi connectivity index (χ0n) is 16.6. The number of carbonyl (C=O) groups is 3. The molecule has 30 heavy (non-hydrogen) atoms. The number of thiophene rings is 1. The highest BCUT2D eigenvalue weighted by Crippen LogP contribution is 2.25. The highest BCUT2D eigenvalue weighted by molar-refractivity contribution is 7.18. The summed E-state index contributed by atoms with van der Waals surface area (Å²) in [5.41, 5.74) is 2.16. The SMILES string of the molecule is COCC(NC(=O)c1ccc(Cl)s1)C(=O)Nc1ccc(N2CCOCC2=O)c(C)c1. The second-order valence-corrected chi connectivity index (χ2v) is 8.39. The van der Waals surface area contributed by atoms with Gasteiger partial charge in [0.2, 0.25) is 5.91 Å². The minimum Gasteiger partial charge on any atom is -0.382 e. The maximum Gasteiger partial charge on any atom is 0.262 e. The Balaban J connectivity index is 1.68. The topological polar surface area (TPSA) is 97.0 Å². The van der Waals surface area contributed by atoms with Crippen molar-refractivity contribution in [2.45, 2.75) is 13.0 Å². The van der Waals surface area contributed by atoms with Gasteiger partial charge < -0.3 is 25.0 Å². The first-order valence-electron chi connectivity index (χ1n) is 9.24. The van der Waals surface area contributed by atoms with Crippen molar-refractivity contribution in [3.05, 3.63) is 45.1 Å². The molecule has 0 bridgehead atoms. The van der Waals surface area contributed by atoms with Gasteiger partial charge in [0, 0.05) is 25.0 Å². The molecule has 3 amide bonds. The van der Waals surface area contributed by atoms with Crippen molar-refractivity contribution in [2.75, 3.05) is 43.7 Å². The van der Waals surface area contributed by atoms with Gasteiger partial charge in [-0.1, -0.05) is 11.6 Å². The second-order valence-electron chi connectivity index (χ2n) is 6.67. The maximum absolute atomic E-state index is 12.7. The van der Waals surface area contributed by atoms with Crippen LogP contribution in [0.1, 0.15) is 15.2 Å². The molecular weight excluding hydrogens is 430 g/mol. The quantitative estimate of drug-likeness (QED) is 0.674. The largest absolute Gasteiger partial charge is 0.382 e. The Morgan fingerprint density at radius 3 is 2.77 bits per heavy atom. The molecule has 0 saturated carbocycles. The molecule has 2 N–H and O–H groups in total. The molecule has 0 aliphatic carbocycles. The lowest BCUT2D eigenvalue weighted by Crippen LogP contribution is -2.46. The lowest BCUT2D eigenvalue weighted by Gasteiger charge is -2.28. The van der Waals surface area contributed by atoms with E-state index in [0.717, 1.165) is 22.6 Å². The zero-order valence-corrected chi connectivity index (χ0v) is 18.1. The number of hydrogen-bond acceptors (Lipinski definition) is 6. The van der Waals surface area contributed by atoms with Gasteiger partial charge in [0.15, 0.2) is 0 Å². The van der Waals surface area contributed by atoms with Crippen LogP contribution in [-0.2, 0) is 19.1 Å². The Kier molecular flexibility index (Phi) is 7.43. The molecule has 1 saturated heterocycles. The van der Waals surface area contributed by atoms with Gasteiger partial charge in [-0.25, -0.2) is 0 Å². The van der Waals surface area contributed by atoms with E-state index in [1.54, 1.807) is 35.2 Å². The molecule has 1 fully saturated rings. The van der Waals surface area contributed by atoms with E-state index >= 15 is 0 Å². The molecule has 1 atom stereocenters. The van der Waals surface area contributed by atoms with Crippen molar-refractivity contribution < 1.29 is 23.9 Å². The average Bonchev–Trinajstić information content (AvgIpc) is 3.15. The predicted octanol–water partition coefficient (Wildman–Crippen LogP) is 2.46. The molecule has 1 aliphatic heterocycles. The monoisotopic (exact) mass is 451 g/mol. The van der Waals surface area contributed by atoms with Crippen LogP contribution in [-0.4, -0.2) is 57.2 Å². The number of rotatable bonds is 7. The van der Waals surface area contributed by atoms with Crippen LogP contribution in [0.25, 0.3) is 0 Å². The van der Waals surface area contributed by atoms with Crippen LogP contribution in [0.15, 0.2) is 30.3 Å². The smallest absolute Gasteiger partial charge is 0.262 e. The van der Waals surface area contributed by atoms with Crippen molar-refractivity contribution >= 4 is 52.0 Å². The number of carbonyl (C=O) groups excluding carboxylic acids is 3. The maximum atomic E-state index is 12.7. The number of amides is 3. The number of methoxy groups -OCH3 is 1. The summed E-state index contributed by atoms with van der Waals surface area (Å²) in [4.78, 5) is 39.2. The van der Waals surface area contributed by atoms with Crippen LogP contribution in [0.4, 0.5) is 11.4 Å². The van der Waals surface area contributed by atoms with Crippen molar-refractivity contribution in [3.8, 4) is 0 Å². The molecule has 3 rings (SSSR count). The normalized spacial score (nSPS) is 15.0. The average molecular weight is 452 g/mol. The summed E-state index contributed by atoms with van der Waals surface area (Å²) < 4.78 is 10.7. The van der Waals surface area contributed by atoms with Gasteiger partial charge in [0.1, 0.15) is 12.6 Å². The molecule has 0 radical (unpaired) electrons. The Morgan fingerprint density at radius 1 is 1.33 bits per heavy atom. The summed E-state index contributed by atoms with van der Waals surface area (Å²) in [5, 5.41) is 5.45. The van der Waals surface area contributed by atoms with Gasteiger partial charge in [-0.3, -0.25) is 14.4 Å². The third-order valence-corrected chi connectivity index (χ3v) is 5.72. The lowest BCUT2D eigenvalue weighted by atomic mass is 10.1. The Morgan fingerprint density at radius 2 is 2.13 bits per heavy atom. The summed E-state index contributed by atoms with van der Waals surface area (Å²) in [6.45, 7) is 2.90. The number of morpholine rings is 1. The van der Waals surface area contributed by atoms with Crippen LogP contribution in [0.3, 0.4) is 0 Å². The number of halogens is 1.